The summed E-state index contributed by atoms with van der Waals surface area (Å²) in [6.07, 6.45) is 3.99. The van der Waals surface area contributed by atoms with Crippen LogP contribution >= 0.6 is 0 Å². The molecule has 2 N–H and O–H groups in total. The van der Waals surface area contributed by atoms with E-state index in [-0.39, 0.29) is 10.6 Å². The van der Waals surface area contributed by atoms with Crippen LogP contribution in [-0.4, -0.2) is 41.9 Å². The summed E-state index contributed by atoms with van der Waals surface area (Å²) in [4.78, 5) is 13.4. The maximum absolute atomic E-state index is 12.6. The van der Waals surface area contributed by atoms with Crippen LogP contribution in [0.25, 0.3) is 0 Å². The Hall–Kier alpha value is -1.34. The number of nitrogens with zero attached hydrogens (tertiary/aromatic N) is 1. The SMILES string of the molecule is CC(C)C1CCCN(S(=O)(=O)c2c[nH]c(C(=O)O)c2)CC1. The van der Waals surface area contributed by atoms with Crippen molar-refractivity contribution in [2.45, 2.75) is 38.0 Å². The largest absolute Gasteiger partial charge is 0.477 e. The maximum atomic E-state index is 12.6. The van der Waals surface area contributed by atoms with Crippen LogP contribution in [0.2, 0.25) is 0 Å². The highest BCUT2D eigenvalue weighted by atomic mass is 32.2. The van der Waals surface area contributed by atoms with Crippen LogP contribution < -0.4 is 0 Å². The zero-order chi connectivity index (χ0) is 15.6. The molecular formula is C14H22N2O4S. The zero-order valence-corrected chi connectivity index (χ0v) is 13.2. The average molecular weight is 314 g/mol. The molecule has 2 heterocycles. The minimum absolute atomic E-state index is 0.0305. The van der Waals surface area contributed by atoms with Crippen LogP contribution in [0.1, 0.15) is 43.6 Å². The number of rotatable bonds is 4. The summed E-state index contributed by atoms with van der Waals surface area (Å²) < 4.78 is 26.6. The molecule has 1 aliphatic rings. The molecule has 0 aromatic carbocycles. The quantitative estimate of drug-likeness (QED) is 0.891. The second kappa shape index (κ2) is 6.19. The van der Waals surface area contributed by atoms with Crippen LogP contribution in [0.4, 0.5) is 0 Å². The van der Waals surface area contributed by atoms with Crippen molar-refractivity contribution in [1.29, 1.82) is 0 Å². The molecule has 1 saturated heterocycles. The molecule has 6 nitrogen and oxygen atoms in total. The number of aromatic nitrogens is 1. The summed E-state index contributed by atoms with van der Waals surface area (Å²) in [6, 6.07) is 1.18. The van der Waals surface area contributed by atoms with Gasteiger partial charge in [-0.2, -0.15) is 4.31 Å². The third-order valence-electron chi connectivity index (χ3n) is 4.20. The van der Waals surface area contributed by atoms with E-state index in [0.29, 0.717) is 24.9 Å². The lowest BCUT2D eigenvalue weighted by Crippen LogP contribution is -2.32. The van der Waals surface area contributed by atoms with Gasteiger partial charge < -0.3 is 10.1 Å². The number of nitrogens with one attached hydrogen (secondary N) is 1. The highest BCUT2D eigenvalue weighted by Crippen LogP contribution is 2.27. The van der Waals surface area contributed by atoms with Crippen molar-refractivity contribution in [2.75, 3.05) is 13.1 Å². The van der Waals surface area contributed by atoms with E-state index >= 15 is 0 Å². The van der Waals surface area contributed by atoms with E-state index in [1.54, 1.807) is 0 Å². The van der Waals surface area contributed by atoms with Gasteiger partial charge in [-0.25, -0.2) is 13.2 Å². The van der Waals surface area contributed by atoms with Gasteiger partial charge in [0, 0.05) is 19.3 Å². The minimum Gasteiger partial charge on any atom is -0.477 e. The zero-order valence-electron chi connectivity index (χ0n) is 12.4. The number of sulfonamides is 1. The lowest BCUT2D eigenvalue weighted by atomic mass is 9.89. The molecule has 1 unspecified atom stereocenters. The molecule has 0 radical (unpaired) electrons. The molecule has 1 fully saturated rings. The molecule has 2 rings (SSSR count). The first-order chi connectivity index (χ1) is 9.82. The summed E-state index contributed by atoms with van der Waals surface area (Å²) in [7, 11) is -3.61. The molecular weight excluding hydrogens is 292 g/mol. The first-order valence-corrected chi connectivity index (χ1v) is 8.68. The summed E-state index contributed by atoms with van der Waals surface area (Å²) in [5.41, 5.74) is -0.108. The Balaban J connectivity index is 2.17. The predicted molar refractivity (Wildman–Crippen MR) is 78.7 cm³/mol. The number of carbonyl (C=O) groups is 1. The van der Waals surface area contributed by atoms with Crippen molar-refractivity contribution in [3.05, 3.63) is 18.0 Å². The van der Waals surface area contributed by atoms with Gasteiger partial charge in [-0.15, -0.1) is 0 Å². The van der Waals surface area contributed by atoms with Gasteiger partial charge in [0.05, 0.1) is 0 Å². The van der Waals surface area contributed by atoms with Crippen LogP contribution in [0.15, 0.2) is 17.2 Å². The Kier molecular flexibility index (Phi) is 4.73. The van der Waals surface area contributed by atoms with Crippen molar-refractivity contribution >= 4 is 16.0 Å². The molecule has 0 amide bonds. The number of hydrogen-bond acceptors (Lipinski definition) is 3. The lowest BCUT2D eigenvalue weighted by molar-refractivity contribution is 0.0691. The normalized spacial score (nSPS) is 21.4. The Bertz CT molecular complexity index is 606. The Labute approximate surface area is 125 Å². The van der Waals surface area contributed by atoms with E-state index < -0.39 is 16.0 Å². The summed E-state index contributed by atoms with van der Waals surface area (Å²) >= 11 is 0. The topological polar surface area (TPSA) is 90.5 Å². The number of carboxylic acids is 1. The molecule has 0 saturated carbocycles. The van der Waals surface area contributed by atoms with Crippen molar-refractivity contribution in [2.24, 2.45) is 11.8 Å². The molecule has 118 valence electrons. The third-order valence-corrected chi connectivity index (χ3v) is 6.08. The monoisotopic (exact) mass is 314 g/mol. The van der Waals surface area contributed by atoms with Crippen LogP contribution in [0.3, 0.4) is 0 Å². The summed E-state index contributed by atoms with van der Waals surface area (Å²) in [5.74, 6) is -0.0586. The van der Waals surface area contributed by atoms with Gasteiger partial charge in [-0.3, -0.25) is 0 Å². The van der Waals surface area contributed by atoms with Gasteiger partial charge in [-0.05, 0) is 37.2 Å². The maximum Gasteiger partial charge on any atom is 0.352 e. The van der Waals surface area contributed by atoms with E-state index in [9.17, 15) is 13.2 Å². The van der Waals surface area contributed by atoms with Crippen molar-refractivity contribution < 1.29 is 18.3 Å². The molecule has 1 aromatic rings. The molecule has 1 aliphatic heterocycles. The molecule has 1 aromatic heterocycles. The molecule has 0 bridgehead atoms. The molecule has 0 spiro atoms. The van der Waals surface area contributed by atoms with Gasteiger partial charge in [0.15, 0.2) is 0 Å². The fourth-order valence-corrected chi connectivity index (χ4v) is 4.29. The van der Waals surface area contributed by atoms with E-state index in [1.807, 2.05) is 0 Å². The fraction of sp³-hybridized carbons (Fsp3) is 0.643. The Morgan fingerprint density at radius 2 is 2.10 bits per heavy atom. The first kappa shape index (κ1) is 16.0. The summed E-state index contributed by atoms with van der Waals surface area (Å²) in [5, 5.41) is 8.88. The molecule has 21 heavy (non-hydrogen) atoms. The third kappa shape index (κ3) is 3.47. The highest BCUT2D eigenvalue weighted by Gasteiger charge is 2.29. The van der Waals surface area contributed by atoms with Crippen LogP contribution in [-0.2, 0) is 10.0 Å². The van der Waals surface area contributed by atoms with Crippen molar-refractivity contribution in [1.82, 2.24) is 9.29 Å². The minimum atomic E-state index is -3.61. The fourth-order valence-electron chi connectivity index (χ4n) is 2.80. The van der Waals surface area contributed by atoms with E-state index in [2.05, 4.69) is 18.8 Å². The lowest BCUT2D eigenvalue weighted by Gasteiger charge is -2.20. The standard InChI is InChI=1S/C14H22N2O4S/c1-10(2)11-4-3-6-16(7-5-11)21(19,20)12-8-13(14(17)18)15-9-12/h8-11,15H,3-7H2,1-2H3,(H,17,18). The average Bonchev–Trinajstić information content (AvgIpc) is 2.77. The number of aromatic carboxylic acids is 1. The van der Waals surface area contributed by atoms with E-state index in [0.717, 1.165) is 19.3 Å². The number of hydrogen-bond donors (Lipinski definition) is 2. The Morgan fingerprint density at radius 3 is 2.67 bits per heavy atom. The second-order valence-electron chi connectivity index (χ2n) is 5.89. The van der Waals surface area contributed by atoms with Gasteiger partial charge in [0.25, 0.3) is 0 Å². The van der Waals surface area contributed by atoms with Crippen LogP contribution in [0, 0.1) is 11.8 Å². The van der Waals surface area contributed by atoms with Gasteiger partial charge in [-0.1, -0.05) is 13.8 Å². The number of carboxylic acid groups (broad SMARTS) is 1. The Morgan fingerprint density at radius 1 is 1.38 bits per heavy atom. The van der Waals surface area contributed by atoms with Gasteiger partial charge in [0.2, 0.25) is 10.0 Å². The van der Waals surface area contributed by atoms with Crippen molar-refractivity contribution in [3.8, 4) is 0 Å². The highest BCUT2D eigenvalue weighted by molar-refractivity contribution is 7.89. The van der Waals surface area contributed by atoms with Crippen molar-refractivity contribution in [3.63, 3.8) is 0 Å². The first-order valence-electron chi connectivity index (χ1n) is 7.24. The molecule has 7 heteroatoms. The predicted octanol–water partition coefficient (Wildman–Crippen LogP) is 2.16. The smallest absolute Gasteiger partial charge is 0.352 e. The number of aromatic amines is 1. The van der Waals surface area contributed by atoms with E-state index in [4.69, 9.17) is 5.11 Å². The van der Waals surface area contributed by atoms with Crippen LogP contribution in [0.5, 0.6) is 0 Å². The molecule has 0 aliphatic carbocycles. The van der Waals surface area contributed by atoms with Gasteiger partial charge in [0.1, 0.15) is 10.6 Å². The van der Waals surface area contributed by atoms with Gasteiger partial charge >= 0.3 is 5.97 Å². The second-order valence-corrected chi connectivity index (χ2v) is 7.83. The molecule has 1 atom stereocenters. The summed E-state index contributed by atoms with van der Waals surface area (Å²) in [6.45, 7) is 5.33. The number of H-pyrrole nitrogens is 1. The van der Waals surface area contributed by atoms with E-state index in [1.165, 1.54) is 16.6 Å².